The van der Waals surface area contributed by atoms with Gasteiger partial charge < -0.3 is 15.0 Å². The molecule has 0 spiro atoms. The maximum Gasteiger partial charge on any atom is 0.412 e. The summed E-state index contributed by atoms with van der Waals surface area (Å²) in [6.07, 6.45) is 0.808. The molecule has 0 bridgehead atoms. The van der Waals surface area contributed by atoms with Crippen LogP contribution in [0.1, 0.15) is 23.2 Å². The Kier molecular flexibility index (Phi) is 5.28. The van der Waals surface area contributed by atoms with Gasteiger partial charge in [0.05, 0.1) is 0 Å². The molecular weight excluding hydrogens is 323 g/mol. The Bertz CT molecular complexity index is 726. The molecule has 130 valence electrons. The lowest BCUT2D eigenvalue weighted by atomic mass is 10.0. The van der Waals surface area contributed by atoms with Gasteiger partial charge >= 0.3 is 6.09 Å². The van der Waals surface area contributed by atoms with E-state index in [9.17, 15) is 14.0 Å². The second kappa shape index (κ2) is 7.79. The number of hydrogen-bond donors (Lipinski definition) is 1. The van der Waals surface area contributed by atoms with Crippen molar-refractivity contribution in [1.82, 2.24) is 10.2 Å². The van der Waals surface area contributed by atoms with Crippen LogP contribution in [0.5, 0.6) is 5.75 Å². The Morgan fingerprint density at radius 2 is 1.64 bits per heavy atom. The number of para-hydroxylation sites is 1. The third-order valence-electron chi connectivity index (χ3n) is 4.15. The van der Waals surface area contributed by atoms with E-state index in [4.69, 9.17) is 4.74 Å². The lowest BCUT2D eigenvalue weighted by Crippen LogP contribution is -2.47. The summed E-state index contributed by atoms with van der Waals surface area (Å²) < 4.78 is 18.2. The van der Waals surface area contributed by atoms with Crippen LogP contribution in [0.4, 0.5) is 9.18 Å². The first-order valence-electron chi connectivity index (χ1n) is 8.20. The number of piperidine rings is 1. The standard InChI is InChI=1S/C19H19FN2O3/c20-15-8-6-14(7-9-15)18(23)22-12-10-16(11-13-22)21-19(24)25-17-4-2-1-3-5-17/h1-9,16H,10-13H2,(H,21,24). The smallest absolute Gasteiger partial charge is 0.410 e. The van der Waals surface area contributed by atoms with Crippen molar-refractivity contribution >= 4 is 12.0 Å². The Morgan fingerprint density at radius 3 is 2.28 bits per heavy atom. The topological polar surface area (TPSA) is 58.6 Å². The maximum atomic E-state index is 12.9. The van der Waals surface area contributed by atoms with E-state index in [1.165, 1.54) is 24.3 Å². The van der Waals surface area contributed by atoms with E-state index >= 15 is 0 Å². The lowest BCUT2D eigenvalue weighted by Gasteiger charge is -2.32. The first kappa shape index (κ1) is 17.0. The minimum Gasteiger partial charge on any atom is -0.410 e. The van der Waals surface area contributed by atoms with Crippen molar-refractivity contribution in [2.45, 2.75) is 18.9 Å². The number of carbonyl (C=O) groups is 2. The van der Waals surface area contributed by atoms with E-state index in [1.807, 2.05) is 6.07 Å². The molecule has 2 amide bonds. The molecule has 1 heterocycles. The molecule has 25 heavy (non-hydrogen) atoms. The van der Waals surface area contributed by atoms with Crippen molar-refractivity contribution in [3.63, 3.8) is 0 Å². The number of rotatable bonds is 3. The number of nitrogens with zero attached hydrogens (tertiary/aromatic N) is 1. The van der Waals surface area contributed by atoms with E-state index < -0.39 is 6.09 Å². The van der Waals surface area contributed by atoms with Crippen molar-refractivity contribution in [1.29, 1.82) is 0 Å². The molecule has 0 atom stereocenters. The fourth-order valence-corrected chi connectivity index (χ4v) is 2.79. The molecule has 1 aliphatic heterocycles. The average Bonchev–Trinajstić information content (AvgIpc) is 2.63. The van der Waals surface area contributed by atoms with Crippen LogP contribution in [0.15, 0.2) is 54.6 Å². The molecule has 1 fully saturated rings. The average molecular weight is 342 g/mol. The zero-order valence-corrected chi connectivity index (χ0v) is 13.7. The minimum absolute atomic E-state index is 0.0338. The van der Waals surface area contributed by atoms with Gasteiger partial charge in [-0.2, -0.15) is 0 Å². The van der Waals surface area contributed by atoms with Crippen LogP contribution < -0.4 is 10.1 Å². The molecule has 1 N–H and O–H groups in total. The summed E-state index contributed by atoms with van der Waals surface area (Å²) in [5.74, 6) is 0.00521. The number of carbonyl (C=O) groups excluding carboxylic acids is 2. The van der Waals surface area contributed by atoms with E-state index in [0.29, 0.717) is 37.2 Å². The molecule has 6 heteroatoms. The van der Waals surface area contributed by atoms with E-state index in [2.05, 4.69) is 5.32 Å². The lowest BCUT2D eigenvalue weighted by molar-refractivity contribution is 0.0706. The minimum atomic E-state index is -0.491. The van der Waals surface area contributed by atoms with E-state index in [-0.39, 0.29) is 17.8 Å². The van der Waals surface area contributed by atoms with Crippen LogP contribution in [0, 0.1) is 5.82 Å². The van der Waals surface area contributed by atoms with Gasteiger partial charge in [0, 0.05) is 24.7 Å². The molecule has 0 aliphatic carbocycles. The van der Waals surface area contributed by atoms with Gasteiger partial charge in [-0.3, -0.25) is 4.79 Å². The van der Waals surface area contributed by atoms with Gasteiger partial charge in [-0.05, 0) is 49.2 Å². The monoisotopic (exact) mass is 342 g/mol. The number of likely N-dealkylation sites (tertiary alicyclic amines) is 1. The molecule has 0 aromatic heterocycles. The van der Waals surface area contributed by atoms with Gasteiger partial charge in [0.1, 0.15) is 11.6 Å². The second-order valence-electron chi connectivity index (χ2n) is 5.92. The third-order valence-corrected chi connectivity index (χ3v) is 4.15. The fourth-order valence-electron chi connectivity index (χ4n) is 2.79. The van der Waals surface area contributed by atoms with Crippen molar-refractivity contribution in [2.24, 2.45) is 0 Å². The van der Waals surface area contributed by atoms with Gasteiger partial charge in [-0.1, -0.05) is 18.2 Å². The second-order valence-corrected chi connectivity index (χ2v) is 5.92. The Morgan fingerprint density at radius 1 is 1.00 bits per heavy atom. The SMILES string of the molecule is O=C(NC1CCN(C(=O)c2ccc(F)cc2)CC1)Oc1ccccc1. The van der Waals surface area contributed by atoms with Crippen LogP contribution in [0.2, 0.25) is 0 Å². The highest BCUT2D eigenvalue weighted by atomic mass is 19.1. The molecule has 1 aliphatic rings. The zero-order chi connectivity index (χ0) is 17.6. The quantitative estimate of drug-likeness (QED) is 0.932. The summed E-state index contributed by atoms with van der Waals surface area (Å²) in [6, 6.07) is 14.4. The highest BCUT2D eigenvalue weighted by Gasteiger charge is 2.25. The number of benzene rings is 2. The largest absolute Gasteiger partial charge is 0.412 e. The first-order valence-corrected chi connectivity index (χ1v) is 8.20. The first-order chi connectivity index (χ1) is 12.1. The van der Waals surface area contributed by atoms with Crippen LogP contribution in [-0.2, 0) is 0 Å². The number of hydrogen-bond acceptors (Lipinski definition) is 3. The fraction of sp³-hybridized carbons (Fsp3) is 0.263. The van der Waals surface area contributed by atoms with Gasteiger partial charge in [0.25, 0.3) is 5.91 Å². The molecule has 2 aromatic carbocycles. The summed E-state index contributed by atoms with van der Waals surface area (Å²) in [5.41, 5.74) is 0.469. The maximum absolute atomic E-state index is 12.9. The number of nitrogens with one attached hydrogen (secondary N) is 1. The van der Waals surface area contributed by atoms with Crippen LogP contribution in [0.25, 0.3) is 0 Å². The number of amides is 2. The van der Waals surface area contributed by atoms with E-state index in [0.717, 1.165) is 0 Å². The summed E-state index contributed by atoms with van der Waals surface area (Å²) in [7, 11) is 0. The van der Waals surface area contributed by atoms with Crippen molar-refractivity contribution in [2.75, 3.05) is 13.1 Å². The summed E-state index contributed by atoms with van der Waals surface area (Å²) in [5, 5.41) is 2.83. The molecular formula is C19H19FN2O3. The molecule has 0 saturated carbocycles. The molecule has 0 unspecified atom stereocenters. The van der Waals surface area contributed by atoms with Crippen LogP contribution in [0.3, 0.4) is 0 Å². The third kappa shape index (κ3) is 4.56. The zero-order valence-electron chi connectivity index (χ0n) is 13.7. The van der Waals surface area contributed by atoms with Gasteiger partial charge in [0.2, 0.25) is 0 Å². The highest BCUT2D eigenvalue weighted by molar-refractivity contribution is 5.94. The predicted octanol–water partition coefficient (Wildman–Crippen LogP) is 3.22. The summed E-state index contributed by atoms with van der Waals surface area (Å²) >= 11 is 0. The summed E-state index contributed by atoms with van der Waals surface area (Å²) in [6.45, 7) is 1.07. The Labute approximate surface area is 145 Å². The number of halogens is 1. The predicted molar refractivity (Wildman–Crippen MR) is 90.9 cm³/mol. The molecule has 2 aromatic rings. The molecule has 5 nitrogen and oxygen atoms in total. The van der Waals surface area contributed by atoms with Crippen molar-refractivity contribution < 1.29 is 18.7 Å². The molecule has 1 saturated heterocycles. The number of ether oxygens (including phenoxy) is 1. The van der Waals surface area contributed by atoms with Crippen molar-refractivity contribution in [3.8, 4) is 5.75 Å². The van der Waals surface area contributed by atoms with Crippen molar-refractivity contribution in [3.05, 3.63) is 66.0 Å². The Balaban J connectivity index is 1.47. The van der Waals surface area contributed by atoms with Crippen LogP contribution in [-0.4, -0.2) is 36.0 Å². The van der Waals surface area contributed by atoms with Crippen LogP contribution >= 0.6 is 0 Å². The molecule has 3 rings (SSSR count). The van der Waals surface area contributed by atoms with E-state index in [1.54, 1.807) is 29.2 Å². The molecule has 0 radical (unpaired) electrons. The normalized spacial score (nSPS) is 14.8. The highest BCUT2D eigenvalue weighted by Crippen LogP contribution is 2.15. The van der Waals surface area contributed by atoms with Gasteiger partial charge in [-0.15, -0.1) is 0 Å². The summed E-state index contributed by atoms with van der Waals surface area (Å²) in [4.78, 5) is 26.0. The van der Waals surface area contributed by atoms with Gasteiger partial charge in [-0.25, -0.2) is 9.18 Å². The Hall–Kier alpha value is -2.89. The van der Waals surface area contributed by atoms with Gasteiger partial charge in [0.15, 0.2) is 0 Å².